The Morgan fingerprint density at radius 3 is 2.71 bits per heavy atom. The van der Waals surface area contributed by atoms with Gasteiger partial charge in [-0.25, -0.2) is 0 Å². The normalized spacial score (nSPS) is 24.5. The van der Waals surface area contributed by atoms with E-state index in [1.165, 1.54) is 0 Å². The molecule has 0 aromatic heterocycles. The fraction of sp³-hybridized carbons (Fsp3) is 0.417. The molecule has 1 saturated heterocycles. The van der Waals surface area contributed by atoms with E-state index in [-0.39, 0.29) is 18.0 Å². The van der Waals surface area contributed by atoms with Gasteiger partial charge in [-0.15, -0.1) is 0 Å². The van der Waals surface area contributed by atoms with Crippen LogP contribution in [0.1, 0.15) is 24.9 Å². The molecule has 1 aliphatic rings. The molecule has 2 N–H and O–H groups in total. The van der Waals surface area contributed by atoms with Gasteiger partial charge in [0.15, 0.2) is 0 Å². The Labute approximate surface area is 110 Å². The Balaban J connectivity index is 2.37. The largest absolute Gasteiger partial charge is 0.334 e. The third-order valence-corrected chi connectivity index (χ3v) is 3.84. The van der Waals surface area contributed by atoms with Crippen molar-refractivity contribution in [3.05, 3.63) is 33.8 Å². The lowest BCUT2D eigenvalue weighted by Crippen LogP contribution is -2.32. The topological polar surface area (TPSA) is 46.3 Å². The summed E-state index contributed by atoms with van der Waals surface area (Å²) in [6.45, 7) is 2.60. The highest BCUT2D eigenvalue weighted by molar-refractivity contribution is 6.42. The van der Waals surface area contributed by atoms with Crippen LogP contribution in [-0.2, 0) is 4.79 Å². The molecule has 5 heteroatoms. The number of nitrogens with zero attached hydrogens (tertiary/aromatic N) is 1. The van der Waals surface area contributed by atoms with Crippen LogP contribution < -0.4 is 5.73 Å². The molecule has 0 aliphatic carbocycles. The quantitative estimate of drug-likeness (QED) is 0.900. The van der Waals surface area contributed by atoms with E-state index in [2.05, 4.69) is 0 Å². The Morgan fingerprint density at radius 1 is 1.41 bits per heavy atom. The zero-order chi connectivity index (χ0) is 12.6. The molecule has 0 saturated carbocycles. The van der Waals surface area contributed by atoms with Crippen molar-refractivity contribution in [3.8, 4) is 0 Å². The van der Waals surface area contributed by atoms with Crippen LogP contribution in [0.15, 0.2) is 18.2 Å². The van der Waals surface area contributed by atoms with Crippen LogP contribution in [0, 0.1) is 0 Å². The summed E-state index contributed by atoms with van der Waals surface area (Å²) in [5.74, 6) is 0.0936. The Hall–Kier alpha value is -0.770. The van der Waals surface area contributed by atoms with Crippen LogP contribution in [-0.4, -0.2) is 23.4 Å². The summed E-state index contributed by atoms with van der Waals surface area (Å²) in [7, 11) is 0. The molecule has 2 atom stereocenters. The number of carbonyl (C=O) groups excluding carboxylic acids is 1. The molecule has 1 fully saturated rings. The molecule has 1 amide bonds. The molecule has 0 radical (unpaired) electrons. The Kier molecular flexibility index (Phi) is 3.61. The highest BCUT2D eigenvalue weighted by Crippen LogP contribution is 2.34. The first kappa shape index (κ1) is 12.7. The molecule has 1 aromatic carbocycles. The van der Waals surface area contributed by atoms with Crippen molar-refractivity contribution in [3.63, 3.8) is 0 Å². The smallest absolute Gasteiger partial charge is 0.224 e. The van der Waals surface area contributed by atoms with Gasteiger partial charge in [0.25, 0.3) is 0 Å². The Bertz CT molecular complexity index is 450. The van der Waals surface area contributed by atoms with Crippen molar-refractivity contribution in [2.24, 2.45) is 5.73 Å². The van der Waals surface area contributed by atoms with Crippen molar-refractivity contribution in [2.45, 2.75) is 25.4 Å². The molecule has 0 spiro atoms. The maximum absolute atomic E-state index is 11.7. The van der Waals surface area contributed by atoms with E-state index < -0.39 is 0 Å². The Morgan fingerprint density at radius 2 is 2.12 bits per heavy atom. The number of hydrogen-bond donors (Lipinski definition) is 1. The number of likely N-dealkylation sites (N-methyl/N-ethyl adjacent to an activating group) is 1. The van der Waals surface area contributed by atoms with E-state index in [1.54, 1.807) is 17.0 Å². The second-order valence-electron chi connectivity index (χ2n) is 4.17. The average Bonchev–Trinajstić information content (AvgIpc) is 2.57. The summed E-state index contributed by atoms with van der Waals surface area (Å²) in [6.07, 6.45) is 0.388. The lowest BCUT2D eigenvalue weighted by Gasteiger charge is -2.26. The van der Waals surface area contributed by atoms with Gasteiger partial charge in [-0.3, -0.25) is 4.79 Å². The SMILES string of the molecule is CCN1C(=O)CC(N)C1c1ccc(Cl)c(Cl)c1. The third-order valence-electron chi connectivity index (χ3n) is 3.10. The number of halogens is 2. The van der Waals surface area contributed by atoms with Crippen molar-refractivity contribution in [1.29, 1.82) is 0 Å². The van der Waals surface area contributed by atoms with Crippen molar-refractivity contribution in [1.82, 2.24) is 4.90 Å². The van der Waals surface area contributed by atoms with Crippen LogP contribution >= 0.6 is 23.2 Å². The van der Waals surface area contributed by atoms with Gasteiger partial charge in [0, 0.05) is 19.0 Å². The number of nitrogens with two attached hydrogens (primary N) is 1. The van der Waals surface area contributed by atoms with E-state index in [4.69, 9.17) is 28.9 Å². The van der Waals surface area contributed by atoms with Crippen molar-refractivity contribution >= 4 is 29.1 Å². The van der Waals surface area contributed by atoms with Gasteiger partial charge in [-0.2, -0.15) is 0 Å². The maximum atomic E-state index is 11.7. The third kappa shape index (κ3) is 2.28. The number of hydrogen-bond acceptors (Lipinski definition) is 2. The predicted molar refractivity (Wildman–Crippen MR) is 69.2 cm³/mol. The molecule has 3 nitrogen and oxygen atoms in total. The minimum Gasteiger partial charge on any atom is -0.334 e. The average molecular weight is 273 g/mol. The van der Waals surface area contributed by atoms with Crippen LogP contribution in [0.4, 0.5) is 0 Å². The zero-order valence-electron chi connectivity index (χ0n) is 9.49. The van der Waals surface area contributed by atoms with Gasteiger partial charge in [-0.05, 0) is 24.6 Å². The molecule has 2 unspecified atom stereocenters. The first-order chi connectivity index (χ1) is 8.04. The first-order valence-electron chi connectivity index (χ1n) is 5.54. The second-order valence-corrected chi connectivity index (χ2v) is 4.98. The molecule has 1 aliphatic heterocycles. The van der Waals surface area contributed by atoms with Gasteiger partial charge in [0.05, 0.1) is 16.1 Å². The molecule has 1 aromatic rings. The number of likely N-dealkylation sites (tertiary alicyclic amines) is 1. The van der Waals surface area contributed by atoms with Gasteiger partial charge in [-0.1, -0.05) is 29.3 Å². The number of carbonyl (C=O) groups is 1. The molecule has 1 heterocycles. The first-order valence-corrected chi connectivity index (χ1v) is 6.30. The van der Waals surface area contributed by atoms with E-state index in [0.717, 1.165) is 5.56 Å². The predicted octanol–water partition coefficient (Wildman–Crippen LogP) is 2.61. The summed E-state index contributed by atoms with van der Waals surface area (Å²) in [5.41, 5.74) is 6.96. The summed E-state index contributed by atoms with van der Waals surface area (Å²) < 4.78 is 0. The highest BCUT2D eigenvalue weighted by atomic mass is 35.5. The van der Waals surface area contributed by atoms with E-state index in [0.29, 0.717) is 23.0 Å². The molecular formula is C12H14Cl2N2O. The van der Waals surface area contributed by atoms with Crippen molar-refractivity contribution < 1.29 is 4.79 Å². The summed E-state index contributed by atoms with van der Waals surface area (Å²) in [4.78, 5) is 13.5. The fourth-order valence-electron chi connectivity index (χ4n) is 2.31. The van der Waals surface area contributed by atoms with E-state index in [9.17, 15) is 4.79 Å². The number of benzene rings is 1. The molecule has 17 heavy (non-hydrogen) atoms. The summed E-state index contributed by atoms with van der Waals surface area (Å²) >= 11 is 11.9. The fourth-order valence-corrected chi connectivity index (χ4v) is 2.62. The zero-order valence-corrected chi connectivity index (χ0v) is 11.0. The number of amides is 1. The van der Waals surface area contributed by atoms with Crippen LogP contribution in [0.3, 0.4) is 0 Å². The van der Waals surface area contributed by atoms with Gasteiger partial charge < -0.3 is 10.6 Å². The lowest BCUT2D eigenvalue weighted by molar-refractivity contribution is -0.128. The van der Waals surface area contributed by atoms with Gasteiger partial charge in [0.2, 0.25) is 5.91 Å². The summed E-state index contributed by atoms with van der Waals surface area (Å²) in [6, 6.07) is 5.13. The van der Waals surface area contributed by atoms with Gasteiger partial charge >= 0.3 is 0 Å². The van der Waals surface area contributed by atoms with E-state index >= 15 is 0 Å². The second kappa shape index (κ2) is 4.84. The lowest BCUT2D eigenvalue weighted by atomic mass is 10.0. The van der Waals surface area contributed by atoms with Crippen LogP contribution in [0.5, 0.6) is 0 Å². The molecular weight excluding hydrogens is 259 g/mol. The maximum Gasteiger partial charge on any atom is 0.224 e. The summed E-state index contributed by atoms with van der Waals surface area (Å²) in [5, 5.41) is 1.00. The van der Waals surface area contributed by atoms with Gasteiger partial charge in [0.1, 0.15) is 0 Å². The minimum atomic E-state index is -0.181. The van der Waals surface area contributed by atoms with Crippen LogP contribution in [0.2, 0.25) is 10.0 Å². The molecule has 2 rings (SSSR count). The van der Waals surface area contributed by atoms with Crippen molar-refractivity contribution in [2.75, 3.05) is 6.54 Å². The monoisotopic (exact) mass is 272 g/mol. The van der Waals surface area contributed by atoms with E-state index in [1.807, 2.05) is 13.0 Å². The standard InChI is InChI=1S/C12H14Cl2N2O/c1-2-16-11(17)6-10(15)12(16)7-3-4-8(13)9(14)5-7/h3-5,10,12H,2,6,15H2,1H3. The molecule has 0 bridgehead atoms. The minimum absolute atomic E-state index is 0.0936. The van der Waals surface area contributed by atoms with Crippen LogP contribution in [0.25, 0.3) is 0 Å². The number of rotatable bonds is 2. The molecule has 92 valence electrons. The highest BCUT2D eigenvalue weighted by Gasteiger charge is 2.37.